The zero-order valence-electron chi connectivity index (χ0n) is 16.4. The minimum absolute atomic E-state index is 0.0638. The Bertz CT molecular complexity index is 757. The van der Waals surface area contributed by atoms with E-state index in [1.54, 1.807) is 20.4 Å². The molecule has 0 bridgehead atoms. The molecule has 3 rings (SSSR count). The first-order chi connectivity index (χ1) is 13.0. The summed E-state index contributed by atoms with van der Waals surface area (Å²) in [5.41, 5.74) is 2.56. The maximum atomic E-state index is 12.8. The highest BCUT2D eigenvalue weighted by atomic mass is 16.5. The van der Waals surface area contributed by atoms with E-state index in [0.29, 0.717) is 11.6 Å². The van der Waals surface area contributed by atoms with Gasteiger partial charge in [-0.25, -0.2) is 0 Å². The van der Waals surface area contributed by atoms with Crippen LogP contribution in [0.15, 0.2) is 24.4 Å². The number of carbonyl (C=O) groups excluding carboxylic acids is 1. The SMILES string of the molecule is COc1cc(NC2CCN(C(=O)c3cn[nH]c3C(C)C)CC2)cc(OC)c1. The van der Waals surface area contributed by atoms with Gasteiger partial charge in [0.05, 0.1) is 31.7 Å². The summed E-state index contributed by atoms with van der Waals surface area (Å²) >= 11 is 0. The highest BCUT2D eigenvalue weighted by Gasteiger charge is 2.26. The average molecular weight is 372 g/mol. The molecule has 0 radical (unpaired) electrons. The van der Waals surface area contributed by atoms with Gasteiger partial charge in [-0.1, -0.05) is 13.8 Å². The lowest BCUT2D eigenvalue weighted by Gasteiger charge is -2.33. The fraction of sp³-hybridized carbons (Fsp3) is 0.500. The summed E-state index contributed by atoms with van der Waals surface area (Å²) in [5, 5.41) is 10.5. The molecule has 0 spiro atoms. The Morgan fingerprint density at radius 1 is 1.19 bits per heavy atom. The molecule has 1 aliphatic rings. The van der Waals surface area contributed by atoms with Crippen molar-refractivity contribution in [2.45, 2.75) is 38.6 Å². The maximum Gasteiger partial charge on any atom is 0.257 e. The lowest BCUT2D eigenvalue weighted by atomic mass is 10.0. The van der Waals surface area contributed by atoms with Crippen molar-refractivity contribution in [3.05, 3.63) is 35.7 Å². The number of ether oxygens (including phenoxy) is 2. The third-order valence-corrected chi connectivity index (χ3v) is 4.98. The van der Waals surface area contributed by atoms with Gasteiger partial charge in [-0.05, 0) is 18.8 Å². The molecular weight excluding hydrogens is 344 g/mol. The standard InChI is InChI=1S/C20H28N4O3/c1-13(2)19-18(12-21-23-19)20(25)24-7-5-14(6-8-24)22-15-9-16(26-3)11-17(10-15)27-4/h9-14,22H,5-8H2,1-4H3,(H,21,23). The normalized spacial score (nSPS) is 15.1. The predicted molar refractivity (Wildman–Crippen MR) is 105 cm³/mol. The minimum Gasteiger partial charge on any atom is -0.497 e. The number of nitrogens with one attached hydrogen (secondary N) is 2. The summed E-state index contributed by atoms with van der Waals surface area (Å²) in [6.45, 7) is 5.56. The number of piperidine rings is 1. The molecule has 0 atom stereocenters. The van der Waals surface area contributed by atoms with Gasteiger partial charge >= 0.3 is 0 Å². The fourth-order valence-electron chi connectivity index (χ4n) is 3.43. The number of likely N-dealkylation sites (tertiary alicyclic amines) is 1. The molecule has 146 valence electrons. The topological polar surface area (TPSA) is 79.5 Å². The van der Waals surface area contributed by atoms with Crippen LogP contribution in [0.3, 0.4) is 0 Å². The molecule has 1 aromatic carbocycles. The van der Waals surface area contributed by atoms with Crippen LogP contribution in [0.5, 0.6) is 11.5 Å². The van der Waals surface area contributed by atoms with Crippen LogP contribution in [0.2, 0.25) is 0 Å². The van der Waals surface area contributed by atoms with Crippen LogP contribution >= 0.6 is 0 Å². The monoisotopic (exact) mass is 372 g/mol. The van der Waals surface area contributed by atoms with Gasteiger partial charge < -0.3 is 19.7 Å². The van der Waals surface area contributed by atoms with Crippen molar-refractivity contribution in [2.24, 2.45) is 0 Å². The summed E-state index contributed by atoms with van der Waals surface area (Å²) in [6, 6.07) is 6.07. The summed E-state index contributed by atoms with van der Waals surface area (Å²) in [5.74, 6) is 1.82. The first-order valence-electron chi connectivity index (χ1n) is 9.34. The second kappa shape index (κ2) is 8.33. The molecule has 7 heteroatoms. The van der Waals surface area contributed by atoms with Gasteiger partial charge in [0, 0.05) is 43.0 Å². The van der Waals surface area contributed by atoms with Gasteiger partial charge in [-0.2, -0.15) is 5.10 Å². The van der Waals surface area contributed by atoms with Crippen molar-refractivity contribution < 1.29 is 14.3 Å². The zero-order valence-corrected chi connectivity index (χ0v) is 16.4. The molecule has 27 heavy (non-hydrogen) atoms. The molecule has 1 saturated heterocycles. The van der Waals surface area contributed by atoms with Crippen LogP contribution in [-0.4, -0.2) is 54.4 Å². The number of amides is 1. The lowest BCUT2D eigenvalue weighted by Crippen LogP contribution is -2.42. The first-order valence-corrected chi connectivity index (χ1v) is 9.34. The highest BCUT2D eigenvalue weighted by molar-refractivity contribution is 5.95. The largest absolute Gasteiger partial charge is 0.497 e. The maximum absolute atomic E-state index is 12.8. The smallest absolute Gasteiger partial charge is 0.257 e. The van der Waals surface area contributed by atoms with Crippen molar-refractivity contribution >= 4 is 11.6 Å². The van der Waals surface area contributed by atoms with Crippen molar-refractivity contribution in [1.82, 2.24) is 15.1 Å². The average Bonchev–Trinajstić information content (AvgIpc) is 3.18. The van der Waals surface area contributed by atoms with Gasteiger partial charge in [0.2, 0.25) is 0 Å². The van der Waals surface area contributed by atoms with E-state index in [4.69, 9.17) is 9.47 Å². The summed E-state index contributed by atoms with van der Waals surface area (Å²) in [7, 11) is 3.29. The van der Waals surface area contributed by atoms with Gasteiger partial charge in [0.25, 0.3) is 5.91 Å². The highest BCUT2D eigenvalue weighted by Crippen LogP contribution is 2.28. The molecular formula is C20H28N4O3. The van der Waals surface area contributed by atoms with Gasteiger partial charge in [0.1, 0.15) is 11.5 Å². The Balaban J connectivity index is 1.61. The third-order valence-electron chi connectivity index (χ3n) is 4.98. The Morgan fingerprint density at radius 2 is 1.81 bits per heavy atom. The molecule has 1 fully saturated rings. The number of methoxy groups -OCH3 is 2. The molecule has 1 amide bonds. The van der Waals surface area contributed by atoms with Crippen molar-refractivity contribution in [3.63, 3.8) is 0 Å². The number of aromatic amines is 1. The Labute approximate surface area is 160 Å². The van der Waals surface area contributed by atoms with Gasteiger partial charge in [-0.3, -0.25) is 9.89 Å². The molecule has 2 N–H and O–H groups in total. The van der Waals surface area contributed by atoms with Gasteiger partial charge in [0.15, 0.2) is 0 Å². The fourth-order valence-corrected chi connectivity index (χ4v) is 3.43. The summed E-state index contributed by atoms with van der Waals surface area (Å²) < 4.78 is 10.7. The molecule has 0 saturated carbocycles. The van der Waals surface area contributed by atoms with E-state index in [2.05, 4.69) is 29.4 Å². The van der Waals surface area contributed by atoms with E-state index >= 15 is 0 Å². The zero-order chi connectivity index (χ0) is 19.4. The third kappa shape index (κ3) is 4.35. The number of H-pyrrole nitrogens is 1. The van der Waals surface area contributed by atoms with Crippen molar-refractivity contribution in [1.29, 1.82) is 0 Å². The van der Waals surface area contributed by atoms with Crippen LogP contribution in [0, 0.1) is 0 Å². The number of aromatic nitrogens is 2. The van der Waals surface area contributed by atoms with Crippen LogP contribution in [0.1, 0.15) is 48.7 Å². The molecule has 1 aromatic heterocycles. The number of anilines is 1. The molecule has 2 heterocycles. The van der Waals surface area contributed by atoms with Crippen LogP contribution < -0.4 is 14.8 Å². The van der Waals surface area contributed by atoms with E-state index in [1.807, 2.05) is 23.1 Å². The van der Waals surface area contributed by atoms with E-state index in [-0.39, 0.29) is 11.8 Å². The molecule has 1 aliphatic heterocycles. The van der Waals surface area contributed by atoms with E-state index < -0.39 is 0 Å². The second-order valence-electron chi connectivity index (χ2n) is 7.16. The van der Waals surface area contributed by atoms with Crippen LogP contribution in [0.4, 0.5) is 5.69 Å². The summed E-state index contributed by atoms with van der Waals surface area (Å²) in [6.07, 6.45) is 3.42. The second-order valence-corrected chi connectivity index (χ2v) is 7.16. The molecule has 7 nitrogen and oxygen atoms in total. The number of hydrogen-bond acceptors (Lipinski definition) is 5. The number of nitrogens with zero attached hydrogens (tertiary/aromatic N) is 2. The van der Waals surface area contributed by atoms with Crippen LogP contribution in [0.25, 0.3) is 0 Å². The van der Waals surface area contributed by atoms with Crippen molar-refractivity contribution in [3.8, 4) is 11.5 Å². The first kappa shape index (κ1) is 19.1. The Morgan fingerprint density at radius 3 is 2.37 bits per heavy atom. The van der Waals surface area contributed by atoms with Crippen LogP contribution in [-0.2, 0) is 0 Å². The van der Waals surface area contributed by atoms with E-state index in [0.717, 1.165) is 48.8 Å². The lowest BCUT2D eigenvalue weighted by molar-refractivity contribution is 0.0717. The minimum atomic E-state index is 0.0638. The summed E-state index contributed by atoms with van der Waals surface area (Å²) in [4.78, 5) is 14.7. The van der Waals surface area contributed by atoms with Crippen molar-refractivity contribution in [2.75, 3.05) is 32.6 Å². The molecule has 2 aromatic rings. The quantitative estimate of drug-likeness (QED) is 0.814. The number of carbonyl (C=O) groups is 1. The number of hydrogen-bond donors (Lipinski definition) is 2. The Hall–Kier alpha value is -2.70. The Kier molecular flexibility index (Phi) is 5.88. The molecule has 0 aliphatic carbocycles. The molecule has 0 unspecified atom stereocenters. The van der Waals surface area contributed by atoms with Gasteiger partial charge in [-0.15, -0.1) is 0 Å². The number of rotatable bonds is 6. The number of benzene rings is 1. The van der Waals surface area contributed by atoms with E-state index in [1.165, 1.54) is 0 Å². The predicted octanol–water partition coefficient (Wildman–Crippen LogP) is 3.27. The van der Waals surface area contributed by atoms with E-state index in [9.17, 15) is 4.79 Å².